The Morgan fingerprint density at radius 1 is 0.900 bits per heavy atom. The molecule has 2 nitrogen and oxygen atoms in total. The molecule has 0 N–H and O–H groups in total. The van der Waals surface area contributed by atoms with Gasteiger partial charge in [0.25, 0.3) is 0 Å². The van der Waals surface area contributed by atoms with Crippen LogP contribution in [-0.2, 0) is 9.59 Å². The standard InChI is InChI=1S/C8H10O2/c1-5(2)7(9)8(10)6(3)4/h1,3H2,2,4H3. The molecular weight excluding hydrogens is 128 g/mol. The van der Waals surface area contributed by atoms with Crippen molar-refractivity contribution in [3.05, 3.63) is 24.3 Å². The molecule has 0 rings (SSSR count). The Balaban J connectivity index is 4.39. The van der Waals surface area contributed by atoms with Gasteiger partial charge in [-0.1, -0.05) is 13.2 Å². The van der Waals surface area contributed by atoms with E-state index in [9.17, 15) is 9.59 Å². The monoisotopic (exact) mass is 138 g/mol. The molecule has 0 aliphatic rings. The Labute approximate surface area is 60.2 Å². The third-order valence-corrected chi connectivity index (χ3v) is 0.981. The number of hydrogen-bond donors (Lipinski definition) is 0. The number of hydrogen-bond acceptors (Lipinski definition) is 2. The quantitative estimate of drug-likeness (QED) is 0.435. The number of Topliss-reactive ketones (excluding diaryl/α,β-unsaturated/α-hetero) is 2. The SMILES string of the molecule is C=C(C)C(=O)C(=O)C(=C)C. The van der Waals surface area contributed by atoms with Gasteiger partial charge in [0.2, 0.25) is 11.6 Å². The molecule has 2 heteroatoms. The Morgan fingerprint density at radius 2 is 1.10 bits per heavy atom. The number of carbonyl (C=O) groups is 2. The van der Waals surface area contributed by atoms with Crippen molar-refractivity contribution < 1.29 is 9.59 Å². The van der Waals surface area contributed by atoms with Crippen LogP contribution < -0.4 is 0 Å². The van der Waals surface area contributed by atoms with E-state index < -0.39 is 11.6 Å². The van der Waals surface area contributed by atoms with Crippen LogP contribution in [0, 0.1) is 0 Å². The fourth-order valence-corrected chi connectivity index (χ4v) is 0.388. The zero-order valence-corrected chi connectivity index (χ0v) is 6.23. The molecule has 0 radical (unpaired) electrons. The van der Waals surface area contributed by atoms with Crippen LogP contribution in [0.15, 0.2) is 24.3 Å². The number of carbonyl (C=O) groups excluding carboxylic acids is 2. The van der Waals surface area contributed by atoms with E-state index in [0.717, 1.165) is 0 Å². The lowest BCUT2D eigenvalue weighted by Gasteiger charge is -1.94. The van der Waals surface area contributed by atoms with Crippen molar-refractivity contribution in [2.24, 2.45) is 0 Å². The maximum absolute atomic E-state index is 10.8. The summed E-state index contributed by atoms with van der Waals surface area (Å²) in [5.74, 6) is -1.10. The lowest BCUT2D eigenvalue weighted by molar-refractivity contribution is -0.132. The molecule has 0 amide bonds. The molecule has 0 bridgehead atoms. The van der Waals surface area contributed by atoms with E-state index in [4.69, 9.17) is 0 Å². The van der Waals surface area contributed by atoms with Crippen LogP contribution in [0.4, 0.5) is 0 Å². The topological polar surface area (TPSA) is 34.1 Å². The second-order valence-electron chi connectivity index (χ2n) is 2.22. The van der Waals surface area contributed by atoms with Gasteiger partial charge in [-0.25, -0.2) is 0 Å². The van der Waals surface area contributed by atoms with Crippen molar-refractivity contribution in [1.82, 2.24) is 0 Å². The van der Waals surface area contributed by atoms with E-state index in [-0.39, 0.29) is 11.1 Å². The molecule has 0 aliphatic heterocycles. The zero-order valence-electron chi connectivity index (χ0n) is 6.23. The summed E-state index contributed by atoms with van der Waals surface area (Å²) in [5.41, 5.74) is 0.515. The van der Waals surface area contributed by atoms with Crippen molar-refractivity contribution in [1.29, 1.82) is 0 Å². The van der Waals surface area contributed by atoms with Crippen LogP contribution in [-0.4, -0.2) is 11.6 Å². The van der Waals surface area contributed by atoms with Gasteiger partial charge in [0.15, 0.2) is 0 Å². The number of ketones is 2. The molecule has 54 valence electrons. The van der Waals surface area contributed by atoms with E-state index >= 15 is 0 Å². The van der Waals surface area contributed by atoms with Gasteiger partial charge < -0.3 is 0 Å². The van der Waals surface area contributed by atoms with Crippen molar-refractivity contribution in [3.63, 3.8) is 0 Å². The minimum atomic E-state index is -0.549. The van der Waals surface area contributed by atoms with Gasteiger partial charge in [-0.3, -0.25) is 9.59 Å². The molecule has 0 fully saturated rings. The summed E-state index contributed by atoms with van der Waals surface area (Å²) in [6.07, 6.45) is 0. The minimum absolute atomic E-state index is 0.257. The smallest absolute Gasteiger partial charge is 0.228 e. The molecule has 0 unspecified atom stereocenters. The van der Waals surface area contributed by atoms with Crippen LogP contribution >= 0.6 is 0 Å². The van der Waals surface area contributed by atoms with Gasteiger partial charge in [-0.05, 0) is 25.0 Å². The summed E-state index contributed by atoms with van der Waals surface area (Å²) < 4.78 is 0. The van der Waals surface area contributed by atoms with Gasteiger partial charge in [0.05, 0.1) is 0 Å². The first-order valence-corrected chi connectivity index (χ1v) is 2.87. The van der Waals surface area contributed by atoms with Crippen molar-refractivity contribution in [2.45, 2.75) is 13.8 Å². The van der Waals surface area contributed by atoms with E-state index in [2.05, 4.69) is 13.2 Å². The summed E-state index contributed by atoms with van der Waals surface area (Å²) in [6.45, 7) is 9.70. The Morgan fingerprint density at radius 3 is 1.20 bits per heavy atom. The molecule has 0 aliphatic carbocycles. The maximum atomic E-state index is 10.8. The lowest BCUT2D eigenvalue weighted by Crippen LogP contribution is -2.14. The van der Waals surface area contributed by atoms with Gasteiger partial charge in [0.1, 0.15) is 0 Å². The highest BCUT2D eigenvalue weighted by molar-refractivity contribution is 6.48. The Kier molecular flexibility index (Phi) is 2.74. The van der Waals surface area contributed by atoms with E-state index in [1.807, 2.05) is 0 Å². The number of rotatable bonds is 3. The van der Waals surface area contributed by atoms with Crippen LogP contribution in [0.3, 0.4) is 0 Å². The normalized spacial score (nSPS) is 8.60. The van der Waals surface area contributed by atoms with Crippen molar-refractivity contribution >= 4 is 11.6 Å². The molecule has 10 heavy (non-hydrogen) atoms. The molecule has 0 aromatic heterocycles. The molecule has 0 aromatic rings. The predicted molar refractivity (Wildman–Crippen MR) is 39.6 cm³/mol. The highest BCUT2D eigenvalue weighted by Gasteiger charge is 2.13. The van der Waals surface area contributed by atoms with Crippen LogP contribution in [0.5, 0.6) is 0 Å². The predicted octanol–water partition coefficient (Wildman–Crippen LogP) is 1.28. The van der Waals surface area contributed by atoms with Gasteiger partial charge in [-0.2, -0.15) is 0 Å². The Hall–Kier alpha value is -1.18. The van der Waals surface area contributed by atoms with Gasteiger partial charge in [0, 0.05) is 0 Å². The summed E-state index contributed by atoms with van der Waals surface area (Å²) in [5, 5.41) is 0. The van der Waals surface area contributed by atoms with Crippen molar-refractivity contribution in [2.75, 3.05) is 0 Å². The van der Waals surface area contributed by atoms with Crippen LogP contribution in [0.2, 0.25) is 0 Å². The Bertz CT molecular complexity index is 187. The first-order valence-electron chi connectivity index (χ1n) is 2.87. The van der Waals surface area contributed by atoms with E-state index in [1.54, 1.807) is 0 Å². The first-order chi connectivity index (χ1) is 4.46. The second-order valence-corrected chi connectivity index (χ2v) is 2.22. The third-order valence-electron chi connectivity index (χ3n) is 0.981. The zero-order chi connectivity index (χ0) is 8.31. The third kappa shape index (κ3) is 1.97. The molecule has 0 heterocycles. The fraction of sp³-hybridized carbons (Fsp3) is 0.250. The van der Waals surface area contributed by atoms with Crippen LogP contribution in [0.25, 0.3) is 0 Å². The average Bonchev–Trinajstić information content (AvgIpc) is 1.84. The van der Waals surface area contributed by atoms with Crippen LogP contribution in [0.1, 0.15) is 13.8 Å². The average molecular weight is 138 g/mol. The molecule has 0 saturated carbocycles. The molecule has 0 aromatic carbocycles. The van der Waals surface area contributed by atoms with E-state index in [0.29, 0.717) is 0 Å². The first kappa shape index (κ1) is 8.82. The maximum Gasteiger partial charge on any atom is 0.228 e. The number of allylic oxidation sites excluding steroid dienone is 2. The van der Waals surface area contributed by atoms with Gasteiger partial charge >= 0.3 is 0 Å². The largest absolute Gasteiger partial charge is 0.285 e. The molecule has 0 spiro atoms. The van der Waals surface area contributed by atoms with Gasteiger partial charge in [-0.15, -0.1) is 0 Å². The summed E-state index contributed by atoms with van der Waals surface area (Å²) in [4.78, 5) is 21.5. The highest BCUT2D eigenvalue weighted by Crippen LogP contribution is 1.97. The second kappa shape index (κ2) is 3.11. The van der Waals surface area contributed by atoms with E-state index in [1.165, 1.54) is 13.8 Å². The highest BCUT2D eigenvalue weighted by atomic mass is 16.2. The summed E-state index contributed by atoms with van der Waals surface area (Å²) in [6, 6.07) is 0. The lowest BCUT2D eigenvalue weighted by atomic mass is 10.1. The fourth-order valence-electron chi connectivity index (χ4n) is 0.388. The molecular formula is C8H10O2. The van der Waals surface area contributed by atoms with Crippen molar-refractivity contribution in [3.8, 4) is 0 Å². The minimum Gasteiger partial charge on any atom is -0.285 e. The molecule has 0 atom stereocenters. The molecule has 0 saturated heterocycles. The summed E-state index contributed by atoms with van der Waals surface area (Å²) in [7, 11) is 0. The summed E-state index contributed by atoms with van der Waals surface area (Å²) >= 11 is 0.